The first-order valence-electron chi connectivity index (χ1n) is 9.63. The zero-order chi connectivity index (χ0) is 19.9. The average molecular weight is 382 g/mol. The number of carbonyl (C=O) groups excluding carboxylic acids is 1. The lowest BCUT2D eigenvalue weighted by Gasteiger charge is -2.22. The van der Waals surface area contributed by atoms with Crippen LogP contribution in [0.2, 0.25) is 0 Å². The van der Waals surface area contributed by atoms with E-state index in [1.165, 1.54) is 17.7 Å². The summed E-state index contributed by atoms with van der Waals surface area (Å²) in [6, 6.07) is 14.6. The molecule has 0 atom stereocenters. The van der Waals surface area contributed by atoms with Crippen LogP contribution in [0.4, 0.5) is 10.1 Å². The van der Waals surface area contributed by atoms with Crippen LogP contribution in [0.25, 0.3) is 0 Å². The second-order valence-corrected chi connectivity index (χ2v) is 6.98. The van der Waals surface area contributed by atoms with Crippen LogP contribution in [-0.4, -0.2) is 44.0 Å². The van der Waals surface area contributed by atoms with Gasteiger partial charge in [0.05, 0.1) is 0 Å². The molecule has 1 amide bonds. The van der Waals surface area contributed by atoms with Crippen molar-refractivity contribution in [2.45, 2.75) is 25.8 Å². The molecule has 0 saturated carbocycles. The third-order valence-corrected chi connectivity index (χ3v) is 4.95. The van der Waals surface area contributed by atoms with Gasteiger partial charge in [0.1, 0.15) is 5.82 Å². The van der Waals surface area contributed by atoms with Gasteiger partial charge in [-0.05, 0) is 42.2 Å². The highest BCUT2D eigenvalue weighted by Crippen LogP contribution is 2.27. The Morgan fingerprint density at radius 2 is 1.96 bits per heavy atom. The van der Waals surface area contributed by atoms with Crippen molar-refractivity contribution in [1.29, 1.82) is 0 Å². The van der Waals surface area contributed by atoms with Crippen molar-refractivity contribution >= 4 is 17.6 Å². The van der Waals surface area contributed by atoms with Crippen molar-refractivity contribution in [2.24, 2.45) is 4.99 Å². The molecular weight excluding hydrogens is 355 g/mol. The van der Waals surface area contributed by atoms with Crippen molar-refractivity contribution in [2.75, 3.05) is 32.1 Å². The molecule has 0 saturated heterocycles. The molecule has 0 spiro atoms. The molecule has 2 aromatic carbocycles. The van der Waals surface area contributed by atoms with Crippen LogP contribution < -0.4 is 10.2 Å². The Labute approximate surface area is 165 Å². The van der Waals surface area contributed by atoms with Crippen LogP contribution in [-0.2, 0) is 17.8 Å². The lowest BCUT2D eigenvalue weighted by molar-refractivity contribution is -0.118. The van der Waals surface area contributed by atoms with Crippen molar-refractivity contribution in [1.82, 2.24) is 10.2 Å². The summed E-state index contributed by atoms with van der Waals surface area (Å²) in [7, 11) is 3.67. The van der Waals surface area contributed by atoms with E-state index >= 15 is 0 Å². The van der Waals surface area contributed by atoms with E-state index in [2.05, 4.69) is 16.4 Å². The van der Waals surface area contributed by atoms with Crippen LogP contribution in [0.5, 0.6) is 0 Å². The summed E-state index contributed by atoms with van der Waals surface area (Å²) >= 11 is 0. The smallest absolute Gasteiger partial charge is 0.227 e. The highest BCUT2D eigenvalue weighted by molar-refractivity contribution is 5.95. The molecule has 0 fully saturated rings. The van der Waals surface area contributed by atoms with Gasteiger partial charge in [-0.2, -0.15) is 0 Å². The van der Waals surface area contributed by atoms with Crippen molar-refractivity contribution in [3.8, 4) is 0 Å². The SMILES string of the molecule is CN=C(NCCCC(=O)N1CCc2ccccc21)N(C)Cc1ccc(F)cc1. The van der Waals surface area contributed by atoms with Gasteiger partial charge in [0, 0.05) is 45.8 Å². The normalized spacial score (nSPS) is 13.4. The second kappa shape index (κ2) is 9.35. The number of benzene rings is 2. The van der Waals surface area contributed by atoms with Crippen LogP contribution >= 0.6 is 0 Å². The molecule has 5 nitrogen and oxygen atoms in total. The molecule has 6 heteroatoms. The minimum atomic E-state index is -0.237. The van der Waals surface area contributed by atoms with E-state index < -0.39 is 0 Å². The maximum atomic E-state index is 13.0. The first-order valence-corrected chi connectivity index (χ1v) is 9.63. The Bertz CT molecular complexity index is 835. The van der Waals surface area contributed by atoms with E-state index in [0.717, 1.165) is 36.6 Å². The van der Waals surface area contributed by atoms with Crippen molar-refractivity contribution < 1.29 is 9.18 Å². The van der Waals surface area contributed by atoms with Gasteiger partial charge >= 0.3 is 0 Å². The van der Waals surface area contributed by atoms with Gasteiger partial charge in [-0.3, -0.25) is 9.79 Å². The molecule has 0 aliphatic carbocycles. The number of hydrogen-bond acceptors (Lipinski definition) is 2. The summed E-state index contributed by atoms with van der Waals surface area (Å²) in [6.45, 7) is 2.07. The molecule has 1 aliphatic heterocycles. The molecule has 1 N–H and O–H groups in total. The topological polar surface area (TPSA) is 47.9 Å². The van der Waals surface area contributed by atoms with Gasteiger partial charge in [-0.15, -0.1) is 0 Å². The van der Waals surface area contributed by atoms with E-state index in [-0.39, 0.29) is 11.7 Å². The van der Waals surface area contributed by atoms with Gasteiger partial charge in [-0.25, -0.2) is 4.39 Å². The number of fused-ring (bicyclic) bond motifs is 1. The number of aliphatic imine (C=N–C) groups is 1. The number of guanidine groups is 1. The van der Waals surface area contributed by atoms with Gasteiger partial charge in [-0.1, -0.05) is 30.3 Å². The fraction of sp³-hybridized carbons (Fsp3) is 0.364. The first-order chi connectivity index (χ1) is 13.6. The maximum Gasteiger partial charge on any atom is 0.227 e. The minimum Gasteiger partial charge on any atom is -0.356 e. The van der Waals surface area contributed by atoms with Crippen molar-refractivity contribution in [3.63, 3.8) is 0 Å². The number of anilines is 1. The van der Waals surface area contributed by atoms with Gasteiger partial charge < -0.3 is 15.1 Å². The van der Waals surface area contributed by atoms with E-state index in [0.29, 0.717) is 19.5 Å². The summed E-state index contributed by atoms with van der Waals surface area (Å²) in [4.78, 5) is 20.7. The van der Waals surface area contributed by atoms with E-state index in [1.807, 2.05) is 35.0 Å². The summed E-state index contributed by atoms with van der Waals surface area (Å²) in [5.41, 5.74) is 3.31. The molecule has 0 aromatic heterocycles. The Hall–Kier alpha value is -2.89. The Morgan fingerprint density at radius 1 is 1.21 bits per heavy atom. The summed E-state index contributed by atoms with van der Waals surface area (Å²) in [5.74, 6) is 0.684. The fourth-order valence-electron chi connectivity index (χ4n) is 3.50. The van der Waals surface area contributed by atoms with Crippen LogP contribution in [0.15, 0.2) is 53.5 Å². The zero-order valence-corrected chi connectivity index (χ0v) is 16.5. The van der Waals surface area contributed by atoms with Crippen LogP contribution in [0, 0.1) is 5.82 Å². The van der Waals surface area contributed by atoms with Crippen LogP contribution in [0.3, 0.4) is 0 Å². The highest BCUT2D eigenvalue weighted by atomic mass is 19.1. The number of para-hydroxylation sites is 1. The molecular formula is C22H27FN4O. The lowest BCUT2D eigenvalue weighted by Crippen LogP contribution is -2.39. The fourth-order valence-corrected chi connectivity index (χ4v) is 3.50. The van der Waals surface area contributed by atoms with Gasteiger partial charge in [0.25, 0.3) is 0 Å². The maximum absolute atomic E-state index is 13.0. The Kier molecular flexibility index (Phi) is 6.63. The van der Waals surface area contributed by atoms with E-state index in [1.54, 1.807) is 19.2 Å². The monoisotopic (exact) mass is 382 g/mol. The second-order valence-electron chi connectivity index (χ2n) is 6.98. The quantitative estimate of drug-likeness (QED) is 0.474. The molecule has 2 aromatic rings. The molecule has 1 aliphatic rings. The number of nitrogens with zero attached hydrogens (tertiary/aromatic N) is 3. The Balaban J connectivity index is 1.43. The molecule has 0 unspecified atom stereocenters. The summed E-state index contributed by atoms with van der Waals surface area (Å²) < 4.78 is 13.0. The molecule has 3 rings (SSSR count). The summed E-state index contributed by atoms with van der Waals surface area (Å²) in [6.07, 6.45) is 2.17. The first kappa shape index (κ1) is 19.9. The number of rotatable bonds is 6. The molecule has 0 bridgehead atoms. The number of amides is 1. The zero-order valence-electron chi connectivity index (χ0n) is 16.5. The molecule has 1 heterocycles. The standard InChI is InChI=1S/C22H27FN4O/c1-24-22(26(2)16-17-9-11-19(23)12-10-17)25-14-5-8-21(28)27-15-13-18-6-3-4-7-20(18)27/h3-4,6-7,9-12H,5,8,13-16H2,1-2H3,(H,24,25). The van der Waals surface area contributed by atoms with Gasteiger partial charge in [0.2, 0.25) is 5.91 Å². The largest absolute Gasteiger partial charge is 0.356 e. The predicted octanol–water partition coefficient (Wildman–Crippen LogP) is 3.20. The number of nitrogens with one attached hydrogen (secondary N) is 1. The van der Waals surface area contributed by atoms with Crippen LogP contribution in [0.1, 0.15) is 24.0 Å². The van der Waals surface area contributed by atoms with E-state index in [4.69, 9.17) is 0 Å². The third-order valence-electron chi connectivity index (χ3n) is 4.95. The third kappa shape index (κ3) is 4.88. The summed E-state index contributed by atoms with van der Waals surface area (Å²) in [5, 5.41) is 3.30. The molecule has 148 valence electrons. The highest BCUT2D eigenvalue weighted by Gasteiger charge is 2.23. The number of carbonyl (C=O) groups is 1. The molecule has 0 radical (unpaired) electrons. The Morgan fingerprint density at radius 3 is 2.71 bits per heavy atom. The van der Waals surface area contributed by atoms with E-state index in [9.17, 15) is 9.18 Å². The molecule has 28 heavy (non-hydrogen) atoms. The number of halogens is 1. The van der Waals surface area contributed by atoms with Gasteiger partial charge in [0.15, 0.2) is 5.96 Å². The van der Waals surface area contributed by atoms with Crippen molar-refractivity contribution in [3.05, 3.63) is 65.5 Å². The number of hydrogen-bond donors (Lipinski definition) is 1. The predicted molar refractivity (Wildman–Crippen MR) is 111 cm³/mol. The lowest BCUT2D eigenvalue weighted by atomic mass is 10.2. The average Bonchev–Trinajstić information content (AvgIpc) is 3.14. The minimum absolute atomic E-state index is 0.168.